The van der Waals surface area contributed by atoms with E-state index < -0.39 is 0 Å². The van der Waals surface area contributed by atoms with Gasteiger partial charge in [0, 0.05) is 31.9 Å². The second kappa shape index (κ2) is 9.86. The summed E-state index contributed by atoms with van der Waals surface area (Å²) in [6, 6.07) is 13.7. The molecule has 1 aliphatic rings. The van der Waals surface area contributed by atoms with Gasteiger partial charge in [0.15, 0.2) is 0 Å². The summed E-state index contributed by atoms with van der Waals surface area (Å²) >= 11 is 0. The third-order valence-corrected chi connectivity index (χ3v) is 4.35. The Bertz CT molecular complexity index is 747. The van der Waals surface area contributed by atoms with Crippen molar-refractivity contribution < 1.29 is 19.7 Å². The van der Waals surface area contributed by atoms with Crippen LogP contribution in [-0.4, -0.2) is 52.0 Å². The van der Waals surface area contributed by atoms with E-state index in [0.717, 1.165) is 17.7 Å². The van der Waals surface area contributed by atoms with Gasteiger partial charge in [-0.05, 0) is 11.6 Å². The van der Waals surface area contributed by atoms with E-state index in [-0.39, 0.29) is 30.8 Å². The van der Waals surface area contributed by atoms with Crippen LogP contribution in [0, 0.1) is 0 Å². The lowest BCUT2D eigenvalue weighted by molar-refractivity contribution is -0.122. The number of aliphatic hydroxyl groups is 1. The maximum Gasteiger partial charge on any atom is 0.290 e. The molecule has 26 heavy (non-hydrogen) atoms. The molecule has 1 aliphatic heterocycles. The minimum atomic E-state index is -0.279. The number of morpholine rings is 1. The van der Waals surface area contributed by atoms with Gasteiger partial charge < -0.3 is 19.5 Å². The molecule has 1 fully saturated rings. The first-order chi connectivity index (χ1) is 12.6. The maximum atomic E-state index is 12.3. The largest absolute Gasteiger partial charge is 0.483 e. The number of hydrogen-bond donors (Lipinski definition) is 2. The zero-order valence-electron chi connectivity index (χ0n) is 14.7. The van der Waals surface area contributed by atoms with Crippen molar-refractivity contribution in [2.75, 3.05) is 19.8 Å². The molecule has 140 valence electrons. The van der Waals surface area contributed by atoms with Crippen molar-refractivity contribution in [2.45, 2.75) is 18.7 Å². The van der Waals surface area contributed by atoms with E-state index in [1.165, 1.54) is 0 Å². The Morgan fingerprint density at radius 2 is 1.92 bits per heavy atom. The van der Waals surface area contributed by atoms with Gasteiger partial charge >= 0.3 is 0 Å². The Hall–Kier alpha value is -2.48. The number of carbonyl (C=O) groups is 1. The molecule has 1 aromatic carbocycles. The second-order valence-corrected chi connectivity index (χ2v) is 5.97. The van der Waals surface area contributed by atoms with Gasteiger partial charge in [-0.15, -0.1) is 0 Å². The number of aromatic nitrogens is 1. The van der Waals surface area contributed by atoms with Gasteiger partial charge in [0.2, 0.25) is 0 Å². The predicted molar refractivity (Wildman–Crippen MR) is 96.8 cm³/mol. The summed E-state index contributed by atoms with van der Waals surface area (Å²) in [5, 5.41) is 16.6. The van der Waals surface area contributed by atoms with E-state index in [1.54, 1.807) is 17.8 Å². The first-order valence-corrected chi connectivity index (χ1v) is 8.36. The third-order valence-electron chi connectivity index (χ3n) is 4.35. The Morgan fingerprint density at radius 1 is 1.23 bits per heavy atom. The van der Waals surface area contributed by atoms with Crippen LogP contribution >= 0.6 is 0 Å². The molecule has 0 aliphatic carbocycles. The Kier molecular flexibility index (Phi) is 7.53. The van der Waals surface area contributed by atoms with Crippen LogP contribution in [0.4, 0.5) is 0 Å². The molecule has 0 bridgehead atoms. The first-order valence-electron chi connectivity index (χ1n) is 8.36. The van der Waals surface area contributed by atoms with Crippen LogP contribution in [0.25, 0.3) is 0 Å². The van der Waals surface area contributed by atoms with Gasteiger partial charge in [-0.25, -0.2) is 0 Å². The number of nitrogens with zero attached hydrogens (tertiary/aromatic N) is 2. The lowest BCUT2D eigenvalue weighted by Crippen LogP contribution is -2.47. The first kappa shape index (κ1) is 19.8. The molecule has 0 radical (unpaired) electrons. The van der Waals surface area contributed by atoms with E-state index in [1.807, 2.05) is 42.5 Å². The maximum absolute atomic E-state index is 12.3. The molecule has 1 saturated heterocycles. The van der Waals surface area contributed by atoms with Gasteiger partial charge in [-0.1, -0.05) is 36.4 Å². The van der Waals surface area contributed by atoms with Gasteiger partial charge in [-0.3, -0.25) is 14.5 Å². The number of rotatable bonds is 4. The van der Waals surface area contributed by atoms with E-state index in [2.05, 4.69) is 4.90 Å². The third kappa shape index (κ3) is 4.78. The highest BCUT2D eigenvalue weighted by Gasteiger charge is 2.33. The lowest BCUT2D eigenvalue weighted by atomic mass is 9.98. The molecule has 3 rings (SSSR count). The van der Waals surface area contributed by atoms with Crippen LogP contribution in [0.5, 0.6) is 0 Å². The molecule has 2 heterocycles. The number of hydrogen-bond acceptors (Lipinski definition) is 5. The molecule has 0 unspecified atom stereocenters. The zero-order valence-corrected chi connectivity index (χ0v) is 14.7. The SMILES string of the molecule is Cn1cccc(CN2CCO[C@@H](CO)[C@@H]2c2ccccc2)c1=O.O=CO. The fourth-order valence-electron chi connectivity index (χ4n) is 3.19. The van der Waals surface area contributed by atoms with Gasteiger partial charge in [0.1, 0.15) is 6.10 Å². The van der Waals surface area contributed by atoms with Gasteiger partial charge in [-0.2, -0.15) is 0 Å². The minimum Gasteiger partial charge on any atom is -0.483 e. The fourth-order valence-corrected chi connectivity index (χ4v) is 3.19. The van der Waals surface area contributed by atoms with Gasteiger partial charge in [0.25, 0.3) is 12.0 Å². The van der Waals surface area contributed by atoms with Gasteiger partial charge in [0.05, 0.1) is 19.3 Å². The average Bonchev–Trinajstić information content (AvgIpc) is 2.66. The molecule has 2 atom stereocenters. The normalized spacial score (nSPS) is 20.1. The van der Waals surface area contributed by atoms with Crippen molar-refractivity contribution in [2.24, 2.45) is 7.05 Å². The highest BCUT2D eigenvalue weighted by atomic mass is 16.5. The van der Waals surface area contributed by atoms with Crippen LogP contribution in [0.3, 0.4) is 0 Å². The summed E-state index contributed by atoms with van der Waals surface area (Å²) in [4.78, 5) is 22.9. The van der Waals surface area contributed by atoms with Crippen LogP contribution < -0.4 is 5.56 Å². The highest BCUT2D eigenvalue weighted by Crippen LogP contribution is 2.30. The van der Waals surface area contributed by atoms with E-state index in [9.17, 15) is 9.90 Å². The highest BCUT2D eigenvalue weighted by molar-refractivity contribution is 5.32. The minimum absolute atomic E-state index is 0.0198. The molecular weight excluding hydrogens is 336 g/mol. The Balaban J connectivity index is 0.000000758. The van der Waals surface area contributed by atoms with E-state index in [4.69, 9.17) is 14.6 Å². The van der Waals surface area contributed by atoms with Crippen LogP contribution in [0.2, 0.25) is 0 Å². The number of benzene rings is 1. The quantitative estimate of drug-likeness (QED) is 0.791. The summed E-state index contributed by atoms with van der Waals surface area (Å²) < 4.78 is 7.34. The summed E-state index contributed by atoms with van der Waals surface area (Å²) in [5.74, 6) is 0. The number of pyridine rings is 1. The summed E-state index contributed by atoms with van der Waals surface area (Å²) in [6.07, 6.45) is 1.48. The monoisotopic (exact) mass is 360 g/mol. The molecule has 2 aromatic rings. The number of aliphatic hydroxyl groups excluding tert-OH is 1. The Labute approximate surface area is 152 Å². The van der Waals surface area contributed by atoms with Crippen molar-refractivity contribution in [1.82, 2.24) is 9.47 Å². The van der Waals surface area contributed by atoms with Crippen LogP contribution in [-0.2, 0) is 23.1 Å². The molecule has 0 spiro atoms. The lowest BCUT2D eigenvalue weighted by Gasteiger charge is -2.40. The standard InChI is InChI=1S/C18H22N2O3.CH2O2/c1-19-9-5-8-15(18(19)22)12-20-10-11-23-16(13-21)17(20)14-6-3-2-4-7-14;2-1-3/h2-9,16-17,21H,10-13H2,1H3;1H,(H,2,3)/t16-,17-;/m0./s1. The number of aryl methyl sites for hydroxylation is 1. The average molecular weight is 360 g/mol. The molecule has 0 amide bonds. The van der Waals surface area contributed by atoms with E-state index >= 15 is 0 Å². The van der Waals surface area contributed by atoms with Crippen LogP contribution in [0.15, 0.2) is 53.5 Å². The molecule has 2 N–H and O–H groups in total. The molecular formula is C19H24N2O5. The number of carboxylic acid groups (broad SMARTS) is 1. The smallest absolute Gasteiger partial charge is 0.290 e. The fraction of sp³-hybridized carbons (Fsp3) is 0.368. The Morgan fingerprint density at radius 3 is 2.58 bits per heavy atom. The summed E-state index contributed by atoms with van der Waals surface area (Å²) in [6.45, 7) is 1.55. The van der Waals surface area contributed by atoms with Crippen molar-refractivity contribution in [3.63, 3.8) is 0 Å². The molecule has 7 nitrogen and oxygen atoms in total. The molecule has 7 heteroatoms. The predicted octanol–water partition coefficient (Wildman–Crippen LogP) is 1.02. The second-order valence-electron chi connectivity index (χ2n) is 5.97. The summed E-state index contributed by atoms with van der Waals surface area (Å²) in [7, 11) is 1.76. The van der Waals surface area contributed by atoms with E-state index in [0.29, 0.717) is 13.2 Å². The molecule has 0 saturated carbocycles. The number of ether oxygens (including phenoxy) is 1. The zero-order chi connectivity index (χ0) is 18.9. The van der Waals surface area contributed by atoms with Crippen LogP contribution in [0.1, 0.15) is 17.2 Å². The summed E-state index contributed by atoms with van der Waals surface area (Å²) in [5.41, 5.74) is 1.87. The van der Waals surface area contributed by atoms with Crippen molar-refractivity contribution >= 4 is 6.47 Å². The van der Waals surface area contributed by atoms with Crippen molar-refractivity contribution in [3.8, 4) is 0 Å². The van der Waals surface area contributed by atoms with Crippen molar-refractivity contribution in [3.05, 3.63) is 70.1 Å². The molecule has 1 aromatic heterocycles. The topological polar surface area (TPSA) is 92.0 Å². The van der Waals surface area contributed by atoms with Crippen molar-refractivity contribution in [1.29, 1.82) is 0 Å².